The van der Waals surface area contributed by atoms with Crippen LogP contribution in [-0.4, -0.2) is 27.9 Å². The molecule has 0 aliphatic heterocycles. The number of hydrogen-bond donors (Lipinski definition) is 2. The summed E-state index contributed by atoms with van der Waals surface area (Å²) in [6, 6.07) is 15.3. The molecule has 0 radical (unpaired) electrons. The number of aromatic nitrogens is 3. The van der Waals surface area contributed by atoms with Crippen LogP contribution in [0.2, 0.25) is 0 Å². The van der Waals surface area contributed by atoms with Gasteiger partial charge in [-0.05, 0) is 69.3 Å². The molecule has 3 aromatic rings. The van der Waals surface area contributed by atoms with Crippen molar-refractivity contribution in [1.29, 1.82) is 0 Å². The molecule has 1 heterocycles. The number of benzene rings is 2. The highest BCUT2D eigenvalue weighted by Gasteiger charge is 2.04. The normalized spacial score (nSPS) is 10.5. The van der Waals surface area contributed by atoms with E-state index in [9.17, 15) is 0 Å². The molecule has 0 fully saturated rings. The van der Waals surface area contributed by atoms with E-state index in [1.54, 1.807) is 6.20 Å². The van der Waals surface area contributed by atoms with Crippen LogP contribution in [0.25, 0.3) is 0 Å². The molecule has 0 spiro atoms. The van der Waals surface area contributed by atoms with Crippen molar-refractivity contribution in [2.75, 3.05) is 17.2 Å². The monoisotopic (exact) mass is 365 g/mol. The Labute approximate surface area is 158 Å². The molecule has 0 amide bonds. The molecule has 0 bridgehead atoms. The zero-order valence-electron chi connectivity index (χ0n) is 15.6. The van der Waals surface area contributed by atoms with Gasteiger partial charge in [0.2, 0.25) is 5.95 Å². The maximum atomic E-state index is 5.64. The van der Waals surface area contributed by atoms with Crippen LogP contribution in [-0.2, 0) is 0 Å². The standard InChI is InChI=1S/C20H23N5O2/c1-4-26-17-9-5-15(6-10-17)22-19-13-21-25-20(24-19)23-16-7-11-18(12-8-16)27-14(2)3/h5-14H,4H2,1-3H3,(H2,22,23,24,25). The van der Waals surface area contributed by atoms with Crippen molar-refractivity contribution < 1.29 is 9.47 Å². The molecule has 1 aromatic heterocycles. The second-order valence-corrected chi connectivity index (χ2v) is 6.06. The van der Waals surface area contributed by atoms with Crippen LogP contribution in [0.15, 0.2) is 54.7 Å². The van der Waals surface area contributed by atoms with E-state index in [0.29, 0.717) is 18.4 Å². The number of nitrogens with one attached hydrogen (secondary N) is 2. The molecule has 0 atom stereocenters. The molecule has 2 aromatic carbocycles. The van der Waals surface area contributed by atoms with Gasteiger partial charge >= 0.3 is 0 Å². The number of hydrogen-bond acceptors (Lipinski definition) is 7. The fourth-order valence-electron chi connectivity index (χ4n) is 2.38. The van der Waals surface area contributed by atoms with Crippen molar-refractivity contribution in [2.45, 2.75) is 26.9 Å². The van der Waals surface area contributed by atoms with Crippen LogP contribution in [0.4, 0.5) is 23.1 Å². The Kier molecular flexibility index (Phi) is 6.04. The molecule has 0 aliphatic rings. The minimum atomic E-state index is 0.140. The summed E-state index contributed by atoms with van der Waals surface area (Å²) >= 11 is 0. The van der Waals surface area contributed by atoms with E-state index in [1.807, 2.05) is 69.3 Å². The van der Waals surface area contributed by atoms with Gasteiger partial charge in [0, 0.05) is 11.4 Å². The Bertz CT molecular complexity index is 851. The second kappa shape index (κ2) is 8.84. The van der Waals surface area contributed by atoms with Gasteiger partial charge in [0.05, 0.1) is 18.9 Å². The highest BCUT2D eigenvalue weighted by Crippen LogP contribution is 2.21. The third-order valence-corrected chi connectivity index (χ3v) is 3.48. The molecule has 2 N–H and O–H groups in total. The van der Waals surface area contributed by atoms with E-state index in [2.05, 4.69) is 25.8 Å². The molecular weight excluding hydrogens is 342 g/mol. The Hall–Kier alpha value is -3.35. The number of ether oxygens (including phenoxy) is 2. The molecular formula is C20H23N5O2. The average Bonchev–Trinajstić information content (AvgIpc) is 2.65. The Morgan fingerprint density at radius 2 is 1.52 bits per heavy atom. The lowest BCUT2D eigenvalue weighted by Crippen LogP contribution is -2.05. The van der Waals surface area contributed by atoms with E-state index in [-0.39, 0.29) is 6.10 Å². The van der Waals surface area contributed by atoms with E-state index >= 15 is 0 Å². The van der Waals surface area contributed by atoms with Crippen molar-refractivity contribution in [1.82, 2.24) is 15.2 Å². The third-order valence-electron chi connectivity index (χ3n) is 3.48. The first-order valence-electron chi connectivity index (χ1n) is 8.85. The van der Waals surface area contributed by atoms with E-state index < -0.39 is 0 Å². The summed E-state index contributed by atoms with van der Waals surface area (Å²) in [5, 5.41) is 14.4. The lowest BCUT2D eigenvalue weighted by Gasteiger charge is -2.11. The Morgan fingerprint density at radius 1 is 0.889 bits per heavy atom. The molecule has 7 nitrogen and oxygen atoms in total. The van der Waals surface area contributed by atoms with E-state index in [0.717, 1.165) is 22.9 Å². The van der Waals surface area contributed by atoms with Crippen LogP contribution < -0.4 is 20.1 Å². The third kappa shape index (κ3) is 5.57. The highest BCUT2D eigenvalue weighted by molar-refractivity contribution is 5.59. The van der Waals surface area contributed by atoms with Gasteiger partial charge in [-0.3, -0.25) is 0 Å². The van der Waals surface area contributed by atoms with E-state index in [1.165, 1.54) is 0 Å². The number of nitrogens with zero attached hydrogens (tertiary/aromatic N) is 3. The van der Waals surface area contributed by atoms with Crippen molar-refractivity contribution in [2.24, 2.45) is 0 Å². The van der Waals surface area contributed by atoms with E-state index in [4.69, 9.17) is 9.47 Å². The predicted molar refractivity (Wildman–Crippen MR) is 106 cm³/mol. The molecule has 7 heteroatoms. The summed E-state index contributed by atoms with van der Waals surface area (Å²) in [5.41, 5.74) is 1.74. The Balaban J connectivity index is 1.64. The maximum absolute atomic E-state index is 5.64. The van der Waals surface area contributed by atoms with Crippen LogP contribution >= 0.6 is 0 Å². The summed E-state index contributed by atoms with van der Waals surface area (Å²) in [6.45, 7) is 6.59. The zero-order chi connectivity index (χ0) is 19.1. The first-order chi connectivity index (χ1) is 13.1. The van der Waals surface area contributed by atoms with Crippen LogP contribution in [0, 0.1) is 0 Å². The summed E-state index contributed by atoms with van der Waals surface area (Å²) in [5.74, 6) is 2.65. The molecule has 140 valence electrons. The highest BCUT2D eigenvalue weighted by atomic mass is 16.5. The molecule has 0 saturated heterocycles. The molecule has 0 aliphatic carbocycles. The van der Waals surface area contributed by atoms with Crippen LogP contribution in [0.1, 0.15) is 20.8 Å². The van der Waals surface area contributed by atoms with Gasteiger partial charge in [-0.2, -0.15) is 10.1 Å². The number of rotatable bonds is 8. The molecule has 0 unspecified atom stereocenters. The summed E-state index contributed by atoms with van der Waals surface area (Å²) in [4.78, 5) is 4.43. The minimum absolute atomic E-state index is 0.140. The summed E-state index contributed by atoms with van der Waals surface area (Å²) in [7, 11) is 0. The van der Waals surface area contributed by atoms with Gasteiger partial charge < -0.3 is 20.1 Å². The smallest absolute Gasteiger partial charge is 0.249 e. The fraction of sp³-hybridized carbons (Fsp3) is 0.250. The van der Waals surface area contributed by atoms with Crippen molar-refractivity contribution in [3.05, 3.63) is 54.7 Å². The molecule has 3 rings (SSSR count). The van der Waals surface area contributed by atoms with Crippen molar-refractivity contribution in [3.63, 3.8) is 0 Å². The minimum Gasteiger partial charge on any atom is -0.494 e. The first kappa shape index (κ1) is 18.4. The maximum Gasteiger partial charge on any atom is 0.249 e. The van der Waals surface area contributed by atoms with Gasteiger partial charge in [0.25, 0.3) is 0 Å². The summed E-state index contributed by atoms with van der Waals surface area (Å²) < 4.78 is 11.1. The second-order valence-electron chi connectivity index (χ2n) is 6.06. The van der Waals surface area contributed by atoms with Gasteiger partial charge in [-0.15, -0.1) is 5.10 Å². The SMILES string of the molecule is CCOc1ccc(Nc2cnnc(Nc3ccc(OC(C)C)cc3)n2)cc1. The lowest BCUT2D eigenvalue weighted by atomic mass is 10.3. The van der Waals surface area contributed by atoms with Crippen molar-refractivity contribution in [3.8, 4) is 11.5 Å². The average molecular weight is 365 g/mol. The molecule has 0 saturated carbocycles. The first-order valence-corrected chi connectivity index (χ1v) is 8.85. The number of anilines is 4. The lowest BCUT2D eigenvalue weighted by molar-refractivity contribution is 0.242. The fourth-order valence-corrected chi connectivity index (χ4v) is 2.38. The van der Waals surface area contributed by atoms with Gasteiger partial charge in [-0.1, -0.05) is 0 Å². The van der Waals surface area contributed by atoms with Crippen LogP contribution in [0.5, 0.6) is 11.5 Å². The summed E-state index contributed by atoms with van der Waals surface area (Å²) in [6.07, 6.45) is 1.71. The Morgan fingerprint density at radius 3 is 2.15 bits per heavy atom. The zero-order valence-corrected chi connectivity index (χ0v) is 15.6. The topological polar surface area (TPSA) is 81.2 Å². The molecule has 27 heavy (non-hydrogen) atoms. The van der Waals surface area contributed by atoms with Crippen molar-refractivity contribution >= 4 is 23.1 Å². The van der Waals surface area contributed by atoms with Crippen LogP contribution in [0.3, 0.4) is 0 Å². The van der Waals surface area contributed by atoms with Gasteiger partial charge in [0.1, 0.15) is 11.5 Å². The quantitative estimate of drug-likeness (QED) is 0.606. The van der Waals surface area contributed by atoms with Gasteiger partial charge in [0.15, 0.2) is 5.82 Å². The largest absolute Gasteiger partial charge is 0.494 e. The van der Waals surface area contributed by atoms with Gasteiger partial charge in [-0.25, -0.2) is 0 Å². The predicted octanol–water partition coefficient (Wildman–Crippen LogP) is 4.54.